The average Bonchev–Trinajstić information content (AvgIpc) is 2.78. The molecule has 29 heavy (non-hydrogen) atoms. The van der Waals surface area contributed by atoms with E-state index in [0.29, 0.717) is 17.7 Å². The Morgan fingerprint density at radius 1 is 0.862 bits per heavy atom. The minimum absolute atomic E-state index is 0.0541. The molecule has 0 saturated carbocycles. The topological polar surface area (TPSA) is 55.7 Å². The van der Waals surface area contributed by atoms with E-state index in [4.69, 9.17) is 4.74 Å². The molecule has 0 saturated heterocycles. The van der Waals surface area contributed by atoms with Crippen molar-refractivity contribution in [2.24, 2.45) is 4.99 Å². The Morgan fingerprint density at radius 2 is 1.55 bits per heavy atom. The molecule has 0 amide bonds. The molecule has 0 aromatic heterocycles. The molecule has 0 fully saturated rings. The molecule has 144 valence electrons. The summed E-state index contributed by atoms with van der Waals surface area (Å²) < 4.78 is 5.14. The lowest BCUT2D eigenvalue weighted by Crippen LogP contribution is -2.05. The van der Waals surface area contributed by atoms with E-state index in [1.807, 2.05) is 42.5 Å². The first-order chi connectivity index (χ1) is 14.1. The second-order valence-corrected chi connectivity index (χ2v) is 6.31. The van der Waals surface area contributed by atoms with Gasteiger partial charge in [-0.25, -0.2) is 0 Å². The molecule has 0 aliphatic rings. The van der Waals surface area contributed by atoms with Gasteiger partial charge in [-0.15, -0.1) is 0 Å². The number of esters is 1. The average molecular weight is 383 g/mol. The third-order valence-corrected chi connectivity index (χ3v) is 4.14. The van der Waals surface area contributed by atoms with Crippen molar-refractivity contribution in [1.29, 1.82) is 0 Å². The van der Waals surface area contributed by atoms with Crippen LogP contribution in [-0.2, 0) is 4.79 Å². The fraction of sp³-hybridized carbons (Fsp3) is 0.0800. The van der Waals surface area contributed by atoms with E-state index < -0.39 is 0 Å². The Balaban J connectivity index is 1.60. The van der Waals surface area contributed by atoms with Crippen molar-refractivity contribution in [3.8, 4) is 5.75 Å². The van der Waals surface area contributed by atoms with E-state index in [-0.39, 0.29) is 11.8 Å². The van der Waals surface area contributed by atoms with Crippen molar-refractivity contribution in [2.45, 2.75) is 13.3 Å². The first kappa shape index (κ1) is 20.0. The SMILES string of the molecule is CCC(=O)Oc1ccc(C=Nc2ccc(C(=O)C=Cc3ccccc3)cc2)cc1. The van der Waals surface area contributed by atoms with Crippen LogP contribution in [0, 0.1) is 0 Å². The van der Waals surface area contributed by atoms with Gasteiger partial charge in [0.25, 0.3) is 0 Å². The number of rotatable bonds is 7. The minimum Gasteiger partial charge on any atom is -0.427 e. The van der Waals surface area contributed by atoms with E-state index in [0.717, 1.165) is 16.8 Å². The zero-order valence-corrected chi connectivity index (χ0v) is 16.1. The molecule has 0 aliphatic heterocycles. The lowest BCUT2D eigenvalue weighted by molar-refractivity contribution is -0.134. The molecule has 0 unspecified atom stereocenters. The van der Waals surface area contributed by atoms with Gasteiger partial charge in [0.05, 0.1) is 5.69 Å². The highest BCUT2D eigenvalue weighted by molar-refractivity contribution is 6.07. The zero-order valence-electron chi connectivity index (χ0n) is 16.1. The fourth-order valence-corrected chi connectivity index (χ4v) is 2.52. The van der Waals surface area contributed by atoms with Crippen LogP contribution >= 0.6 is 0 Å². The zero-order chi connectivity index (χ0) is 20.5. The van der Waals surface area contributed by atoms with Gasteiger partial charge in [0.2, 0.25) is 0 Å². The van der Waals surface area contributed by atoms with Crippen molar-refractivity contribution < 1.29 is 14.3 Å². The highest BCUT2D eigenvalue weighted by atomic mass is 16.5. The van der Waals surface area contributed by atoms with E-state index in [9.17, 15) is 9.59 Å². The molecule has 0 N–H and O–H groups in total. The molecule has 0 spiro atoms. The smallest absolute Gasteiger partial charge is 0.310 e. The lowest BCUT2D eigenvalue weighted by Gasteiger charge is -2.02. The minimum atomic E-state index is -0.264. The van der Waals surface area contributed by atoms with Crippen LogP contribution in [0.1, 0.15) is 34.8 Å². The van der Waals surface area contributed by atoms with Crippen LogP contribution in [-0.4, -0.2) is 18.0 Å². The summed E-state index contributed by atoms with van der Waals surface area (Å²) in [6, 6.07) is 23.9. The third-order valence-electron chi connectivity index (χ3n) is 4.14. The number of benzene rings is 3. The molecule has 3 rings (SSSR count). The number of allylic oxidation sites excluding steroid dienone is 1. The van der Waals surface area contributed by atoms with Gasteiger partial charge in [-0.2, -0.15) is 0 Å². The van der Waals surface area contributed by atoms with Crippen LogP contribution in [0.3, 0.4) is 0 Å². The van der Waals surface area contributed by atoms with E-state index in [2.05, 4.69) is 4.99 Å². The van der Waals surface area contributed by atoms with Gasteiger partial charge in [0, 0.05) is 18.2 Å². The quantitative estimate of drug-likeness (QED) is 0.174. The molecule has 0 heterocycles. The van der Waals surface area contributed by atoms with Crippen molar-refractivity contribution >= 4 is 29.7 Å². The van der Waals surface area contributed by atoms with Crippen LogP contribution in [0.4, 0.5) is 5.69 Å². The second kappa shape index (κ2) is 9.95. The van der Waals surface area contributed by atoms with Crippen molar-refractivity contribution in [3.05, 3.63) is 102 Å². The van der Waals surface area contributed by atoms with Crippen LogP contribution in [0.2, 0.25) is 0 Å². The predicted octanol–water partition coefficient (Wildman–Crippen LogP) is 5.65. The summed E-state index contributed by atoms with van der Waals surface area (Å²) in [5, 5.41) is 0. The number of nitrogens with zero attached hydrogens (tertiary/aromatic N) is 1. The maximum atomic E-state index is 12.3. The van der Waals surface area contributed by atoms with Gasteiger partial charge in [-0.3, -0.25) is 14.6 Å². The summed E-state index contributed by atoms with van der Waals surface area (Å²) in [5.74, 6) is 0.196. The van der Waals surface area contributed by atoms with Gasteiger partial charge in [-0.1, -0.05) is 43.3 Å². The predicted molar refractivity (Wildman–Crippen MR) is 116 cm³/mol. The van der Waals surface area contributed by atoms with Gasteiger partial charge in [-0.05, 0) is 65.7 Å². The Kier molecular flexibility index (Phi) is 6.85. The van der Waals surface area contributed by atoms with Crippen LogP contribution in [0.5, 0.6) is 5.75 Å². The summed E-state index contributed by atoms with van der Waals surface area (Å²) in [5.41, 5.74) is 3.22. The largest absolute Gasteiger partial charge is 0.427 e. The summed E-state index contributed by atoms with van der Waals surface area (Å²) in [6.07, 6.45) is 5.43. The number of ether oxygens (including phenoxy) is 1. The van der Waals surface area contributed by atoms with Crippen LogP contribution < -0.4 is 4.74 Å². The number of carbonyl (C=O) groups excluding carboxylic acids is 2. The normalized spacial score (nSPS) is 11.1. The van der Waals surface area contributed by atoms with Gasteiger partial charge >= 0.3 is 5.97 Å². The first-order valence-corrected chi connectivity index (χ1v) is 9.36. The van der Waals surface area contributed by atoms with Gasteiger partial charge < -0.3 is 4.74 Å². The van der Waals surface area contributed by atoms with E-state index in [1.165, 1.54) is 0 Å². The molecule has 4 nitrogen and oxygen atoms in total. The van der Waals surface area contributed by atoms with Crippen molar-refractivity contribution in [2.75, 3.05) is 0 Å². The van der Waals surface area contributed by atoms with Crippen LogP contribution in [0.15, 0.2) is 89.9 Å². The third kappa shape index (κ3) is 6.11. The molecule has 4 heteroatoms. The number of hydrogen-bond donors (Lipinski definition) is 0. The summed E-state index contributed by atoms with van der Waals surface area (Å²) in [6.45, 7) is 1.75. The Morgan fingerprint density at radius 3 is 2.21 bits per heavy atom. The maximum absolute atomic E-state index is 12.3. The Hall–Kier alpha value is -3.79. The number of aliphatic imine (C=N–C) groups is 1. The molecule has 0 bridgehead atoms. The standard InChI is InChI=1S/C25H21NO3/c1-2-25(28)29-23-15-8-20(9-16-23)18-26-22-13-11-21(12-14-22)24(27)17-10-19-6-4-3-5-7-19/h3-18H,2H2,1H3. The molecule has 3 aromatic rings. The maximum Gasteiger partial charge on any atom is 0.310 e. The van der Waals surface area contributed by atoms with E-state index >= 15 is 0 Å². The summed E-state index contributed by atoms with van der Waals surface area (Å²) in [7, 11) is 0. The fourth-order valence-electron chi connectivity index (χ4n) is 2.52. The second-order valence-electron chi connectivity index (χ2n) is 6.31. The van der Waals surface area contributed by atoms with Crippen LogP contribution in [0.25, 0.3) is 6.08 Å². The van der Waals surface area contributed by atoms with Gasteiger partial charge in [0.1, 0.15) is 5.75 Å². The summed E-state index contributed by atoms with van der Waals surface area (Å²) >= 11 is 0. The molecular weight excluding hydrogens is 362 g/mol. The number of hydrogen-bond acceptors (Lipinski definition) is 4. The molecule has 0 radical (unpaired) electrons. The van der Waals surface area contributed by atoms with Gasteiger partial charge in [0.15, 0.2) is 5.78 Å². The molecule has 0 atom stereocenters. The lowest BCUT2D eigenvalue weighted by atomic mass is 10.1. The Bertz CT molecular complexity index is 1020. The van der Waals surface area contributed by atoms with Crippen molar-refractivity contribution in [1.82, 2.24) is 0 Å². The van der Waals surface area contributed by atoms with Crippen molar-refractivity contribution in [3.63, 3.8) is 0 Å². The summed E-state index contributed by atoms with van der Waals surface area (Å²) in [4.78, 5) is 28.0. The number of carbonyl (C=O) groups is 2. The monoisotopic (exact) mass is 383 g/mol. The first-order valence-electron chi connectivity index (χ1n) is 9.36. The highest BCUT2D eigenvalue weighted by Crippen LogP contribution is 2.16. The molecule has 3 aromatic carbocycles. The molecule has 0 aliphatic carbocycles. The van der Waals surface area contributed by atoms with E-state index in [1.54, 1.807) is 61.7 Å². The highest BCUT2D eigenvalue weighted by Gasteiger charge is 2.02. The molecular formula is C25H21NO3. The Labute approximate surface area is 170 Å². The number of ketones is 1.